The van der Waals surface area contributed by atoms with Crippen LogP contribution in [-0.2, 0) is 21.7 Å². The van der Waals surface area contributed by atoms with E-state index in [4.69, 9.17) is 5.11 Å². The maximum atomic E-state index is 8.40. The Morgan fingerprint density at radius 3 is 2.21 bits per heavy atom. The molecule has 4 heteroatoms. The molecule has 0 heterocycles. The molecule has 0 atom stereocenters. The average Bonchev–Trinajstić information content (AvgIpc) is 3.01. The number of halogens is 2. The first-order chi connectivity index (χ1) is 9.99. The van der Waals surface area contributed by atoms with E-state index in [0.29, 0.717) is 0 Å². The third-order valence-corrected chi connectivity index (χ3v) is 3.25. The van der Waals surface area contributed by atoms with Crippen molar-refractivity contribution >= 4 is 16.3 Å². The third kappa shape index (κ3) is 8.01. The number of allylic oxidation sites excluding steroid dienone is 4. The Balaban J connectivity index is 0. The molecule has 0 aliphatic heterocycles. The molecule has 1 nitrogen and oxygen atoms in total. The van der Waals surface area contributed by atoms with Gasteiger partial charge in [0.05, 0.1) is 0 Å². The van der Waals surface area contributed by atoms with Crippen molar-refractivity contribution in [3.8, 4) is 0 Å². The first-order valence-electron chi connectivity index (χ1n) is 7.37. The molecule has 127 valence electrons. The van der Waals surface area contributed by atoms with Crippen LogP contribution in [-0.4, -0.2) is 11.7 Å². The predicted molar refractivity (Wildman–Crippen MR) is 91.1 cm³/mol. The Hall–Kier alpha value is -0.566. The molecule has 0 aromatic heterocycles. The molecule has 1 aliphatic carbocycles. The summed E-state index contributed by atoms with van der Waals surface area (Å²) in [6, 6.07) is 16.1. The van der Waals surface area contributed by atoms with E-state index < -0.39 is 0 Å². The zero-order valence-corrected chi connectivity index (χ0v) is 17.4. The first-order valence-corrected chi connectivity index (χ1v) is 7.37. The molecule has 0 bridgehead atoms. The fourth-order valence-electron chi connectivity index (χ4n) is 1.95. The SMILES string of the molecule is CC(C)(C)CO.[Cl-].[Cl-].[Ti+3].[c-]1c(C2=CC=CC2)ccc2ccccc12. The maximum absolute atomic E-state index is 8.40. The zero-order chi connectivity index (χ0) is 15.3. The van der Waals surface area contributed by atoms with Crippen LogP contribution < -0.4 is 24.8 Å². The summed E-state index contributed by atoms with van der Waals surface area (Å²) in [5, 5.41) is 10.9. The van der Waals surface area contributed by atoms with Gasteiger partial charge in [0, 0.05) is 6.61 Å². The maximum Gasteiger partial charge on any atom is 3.00 e. The Morgan fingerprint density at radius 1 is 1.04 bits per heavy atom. The quantitative estimate of drug-likeness (QED) is 0.484. The Kier molecular flexibility index (Phi) is 12.7. The van der Waals surface area contributed by atoms with Gasteiger partial charge in [-0.1, -0.05) is 62.6 Å². The van der Waals surface area contributed by atoms with Gasteiger partial charge in [0.15, 0.2) is 0 Å². The second-order valence-electron chi connectivity index (χ2n) is 6.50. The molecule has 2 aromatic carbocycles. The van der Waals surface area contributed by atoms with Crippen molar-refractivity contribution in [2.75, 3.05) is 6.61 Å². The number of hydrogen-bond acceptors (Lipinski definition) is 1. The minimum Gasteiger partial charge on any atom is -1.00 e. The van der Waals surface area contributed by atoms with Crippen molar-refractivity contribution in [2.24, 2.45) is 5.41 Å². The summed E-state index contributed by atoms with van der Waals surface area (Å²) in [4.78, 5) is 0. The van der Waals surface area contributed by atoms with Gasteiger partial charge >= 0.3 is 21.7 Å². The Morgan fingerprint density at radius 2 is 1.67 bits per heavy atom. The molecular weight excluding hydrogens is 375 g/mol. The topological polar surface area (TPSA) is 20.2 Å². The molecule has 0 amide bonds. The minimum atomic E-state index is 0. The standard InChI is InChI=1S/C15H11.C5H12O.2ClH.Ti/c1-2-6-12(5-1)15-10-9-13-7-3-4-8-14(13)11-15;1-5(2,3)4-6;;;/h1-5,7-10H,6H2;6H,4H2,1-3H3;2*1H;/q-1;;;;+3/p-2. The summed E-state index contributed by atoms with van der Waals surface area (Å²) in [6.07, 6.45) is 7.49. The summed E-state index contributed by atoms with van der Waals surface area (Å²) in [7, 11) is 0. The van der Waals surface area contributed by atoms with Gasteiger partial charge in [-0.25, -0.2) is 0 Å². The van der Waals surface area contributed by atoms with E-state index in [9.17, 15) is 0 Å². The van der Waals surface area contributed by atoms with Gasteiger partial charge in [-0.2, -0.15) is 0 Å². The van der Waals surface area contributed by atoms with E-state index >= 15 is 0 Å². The van der Waals surface area contributed by atoms with Gasteiger partial charge < -0.3 is 29.9 Å². The third-order valence-electron chi connectivity index (χ3n) is 3.25. The molecule has 0 spiro atoms. The molecule has 0 unspecified atom stereocenters. The zero-order valence-electron chi connectivity index (χ0n) is 14.3. The predicted octanol–water partition coefficient (Wildman–Crippen LogP) is -0.986. The largest absolute Gasteiger partial charge is 3.00 e. The molecular formula is C20H23Cl2OTi. The van der Waals surface area contributed by atoms with E-state index in [1.54, 1.807) is 0 Å². The van der Waals surface area contributed by atoms with Crippen LogP contribution in [0.5, 0.6) is 0 Å². The van der Waals surface area contributed by atoms with E-state index in [-0.39, 0.29) is 58.6 Å². The molecule has 24 heavy (non-hydrogen) atoms. The van der Waals surface area contributed by atoms with Crippen LogP contribution in [0.1, 0.15) is 32.8 Å². The Labute approximate surface area is 172 Å². The summed E-state index contributed by atoms with van der Waals surface area (Å²) in [5.41, 5.74) is 2.68. The van der Waals surface area contributed by atoms with Crippen molar-refractivity contribution < 1.29 is 51.6 Å². The van der Waals surface area contributed by atoms with E-state index in [1.165, 1.54) is 21.9 Å². The number of fused-ring (bicyclic) bond motifs is 1. The molecule has 1 N–H and O–H groups in total. The van der Waals surface area contributed by atoms with Crippen molar-refractivity contribution in [1.82, 2.24) is 0 Å². The Bertz CT molecular complexity index is 673. The second kappa shape index (κ2) is 11.9. The van der Waals surface area contributed by atoms with E-state index in [1.807, 2.05) is 20.8 Å². The van der Waals surface area contributed by atoms with E-state index in [0.717, 1.165) is 6.42 Å². The normalized spacial score (nSPS) is 12.1. The van der Waals surface area contributed by atoms with Crippen molar-refractivity contribution in [1.29, 1.82) is 0 Å². The summed E-state index contributed by atoms with van der Waals surface area (Å²) < 4.78 is 0. The van der Waals surface area contributed by atoms with Gasteiger partial charge in [0.1, 0.15) is 0 Å². The van der Waals surface area contributed by atoms with Gasteiger partial charge in [-0.05, 0) is 11.8 Å². The monoisotopic (exact) mass is 397 g/mol. The number of aliphatic hydroxyl groups is 1. The molecule has 0 fully saturated rings. The van der Waals surface area contributed by atoms with Crippen LogP contribution in [0.25, 0.3) is 16.3 Å². The minimum absolute atomic E-state index is 0. The average molecular weight is 398 g/mol. The smallest absolute Gasteiger partial charge is 1.00 e. The van der Waals surface area contributed by atoms with Crippen molar-refractivity contribution in [2.45, 2.75) is 27.2 Å². The summed E-state index contributed by atoms with van der Waals surface area (Å²) in [6.45, 7) is 6.25. The summed E-state index contributed by atoms with van der Waals surface area (Å²) in [5.74, 6) is 0. The molecule has 1 aliphatic rings. The van der Waals surface area contributed by atoms with Crippen LogP contribution in [0.15, 0.2) is 54.6 Å². The number of benzene rings is 2. The molecule has 1 radical (unpaired) electrons. The molecule has 2 aromatic rings. The van der Waals surface area contributed by atoms with Gasteiger partial charge in [-0.3, -0.25) is 0 Å². The van der Waals surface area contributed by atoms with Crippen molar-refractivity contribution in [3.05, 3.63) is 66.3 Å². The van der Waals surface area contributed by atoms with Gasteiger partial charge in [0.2, 0.25) is 0 Å². The second-order valence-corrected chi connectivity index (χ2v) is 6.50. The van der Waals surface area contributed by atoms with Crippen LogP contribution in [0.4, 0.5) is 0 Å². The number of aliphatic hydroxyl groups excluding tert-OH is 1. The van der Waals surface area contributed by atoms with Gasteiger partial charge in [-0.15, -0.1) is 40.8 Å². The number of rotatable bonds is 1. The van der Waals surface area contributed by atoms with Crippen LogP contribution in [0.3, 0.4) is 0 Å². The molecule has 3 rings (SSSR count). The van der Waals surface area contributed by atoms with Crippen molar-refractivity contribution in [3.63, 3.8) is 0 Å². The number of hydrogen-bond donors (Lipinski definition) is 1. The summed E-state index contributed by atoms with van der Waals surface area (Å²) >= 11 is 0. The first kappa shape index (κ1) is 25.7. The fraction of sp³-hybridized carbons (Fsp3) is 0.300. The van der Waals surface area contributed by atoms with Crippen LogP contribution in [0.2, 0.25) is 0 Å². The van der Waals surface area contributed by atoms with Crippen LogP contribution in [0, 0.1) is 11.5 Å². The molecule has 0 saturated carbocycles. The van der Waals surface area contributed by atoms with Gasteiger partial charge in [0.25, 0.3) is 0 Å². The van der Waals surface area contributed by atoms with Crippen LogP contribution >= 0.6 is 0 Å². The fourth-order valence-corrected chi connectivity index (χ4v) is 1.95. The molecule has 0 saturated heterocycles. The van der Waals surface area contributed by atoms with E-state index in [2.05, 4.69) is 60.7 Å².